The van der Waals surface area contributed by atoms with Crippen LogP contribution in [-0.4, -0.2) is 51.5 Å². The van der Waals surface area contributed by atoms with Gasteiger partial charge in [-0.05, 0) is 48.2 Å². The number of hydrogen-bond acceptors (Lipinski definition) is 3. The van der Waals surface area contributed by atoms with Crippen molar-refractivity contribution in [3.05, 3.63) is 96.1 Å². The van der Waals surface area contributed by atoms with Crippen molar-refractivity contribution in [2.45, 2.75) is 57.6 Å². The first kappa shape index (κ1) is 32.1. The summed E-state index contributed by atoms with van der Waals surface area (Å²) in [6, 6.07) is 29.4. The van der Waals surface area contributed by atoms with E-state index in [1.807, 2.05) is 42.5 Å². The Morgan fingerprint density at radius 1 is 0.579 bits per heavy atom. The molecule has 0 aliphatic heterocycles. The van der Waals surface area contributed by atoms with Gasteiger partial charge in [-0.2, -0.15) is 0 Å². The molecule has 0 aliphatic carbocycles. The van der Waals surface area contributed by atoms with E-state index in [0.29, 0.717) is 12.6 Å². The van der Waals surface area contributed by atoms with E-state index in [9.17, 15) is 0 Å². The highest BCUT2D eigenvalue weighted by molar-refractivity contribution is 5.31. The van der Waals surface area contributed by atoms with Gasteiger partial charge < -0.3 is 42.7 Å². The van der Waals surface area contributed by atoms with Crippen molar-refractivity contribution in [1.29, 1.82) is 0 Å². The van der Waals surface area contributed by atoms with Crippen LogP contribution in [0.25, 0.3) is 0 Å². The molecule has 0 amide bonds. The van der Waals surface area contributed by atoms with E-state index in [2.05, 4.69) is 63.6 Å². The Bertz CT molecular complexity index is 975. The van der Waals surface area contributed by atoms with Crippen LogP contribution < -0.4 is 33.5 Å². The summed E-state index contributed by atoms with van der Waals surface area (Å²) >= 11 is 0. The van der Waals surface area contributed by atoms with Crippen LogP contribution in [0.15, 0.2) is 84.9 Å². The summed E-state index contributed by atoms with van der Waals surface area (Å²) < 4.78 is 18.7. The predicted octanol–water partition coefficient (Wildman–Crippen LogP) is 4.32. The normalized spacial score (nSPS) is 12.0. The van der Waals surface area contributed by atoms with E-state index < -0.39 is 0 Å². The molecule has 1 atom stereocenters. The van der Waals surface area contributed by atoms with Gasteiger partial charge in [-0.15, -0.1) is 0 Å². The van der Waals surface area contributed by atoms with Crippen LogP contribution in [-0.2, 0) is 17.8 Å². The Morgan fingerprint density at radius 3 is 1.66 bits per heavy atom. The van der Waals surface area contributed by atoms with Gasteiger partial charge in [0, 0.05) is 13.0 Å². The number of likely N-dealkylation sites (N-methyl/N-ethyl adjacent to an activating group) is 1. The molecule has 4 nitrogen and oxygen atoms in total. The average Bonchev–Trinajstić information content (AvgIpc) is 2.91. The fraction of sp³-hybridized carbons (Fsp3) is 0.455. The minimum absolute atomic E-state index is 0. The molecule has 0 bridgehead atoms. The number of benzene rings is 3. The van der Waals surface area contributed by atoms with E-state index in [0.717, 1.165) is 55.1 Å². The van der Waals surface area contributed by atoms with Crippen LogP contribution in [0.3, 0.4) is 0 Å². The Labute approximate surface area is 247 Å². The molecule has 0 saturated carbocycles. The van der Waals surface area contributed by atoms with Gasteiger partial charge in [0.15, 0.2) is 0 Å². The van der Waals surface area contributed by atoms with Crippen molar-refractivity contribution in [2.24, 2.45) is 0 Å². The third kappa shape index (κ3) is 13.1. The molecule has 0 aliphatic rings. The fourth-order valence-electron chi connectivity index (χ4n) is 4.24. The number of unbranched alkanes of at least 4 members (excludes halogenated alkanes) is 5. The summed E-state index contributed by atoms with van der Waals surface area (Å²) in [5, 5.41) is 0. The number of ether oxygens (including phenoxy) is 3. The molecular weight excluding hydrogens is 585 g/mol. The predicted molar refractivity (Wildman–Crippen MR) is 153 cm³/mol. The van der Waals surface area contributed by atoms with E-state index in [4.69, 9.17) is 14.2 Å². The van der Waals surface area contributed by atoms with Crippen molar-refractivity contribution in [3.63, 3.8) is 0 Å². The second kappa shape index (κ2) is 18.2. The first-order valence-electron chi connectivity index (χ1n) is 13.8. The Balaban J connectivity index is 0.00000507. The third-order valence-electron chi connectivity index (χ3n) is 6.74. The Kier molecular flexibility index (Phi) is 15.4. The molecule has 0 heterocycles. The zero-order valence-electron chi connectivity index (χ0n) is 23.5. The summed E-state index contributed by atoms with van der Waals surface area (Å²) in [6.07, 6.45) is 8.25. The number of rotatable bonds is 18. The van der Waals surface area contributed by atoms with Gasteiger partial charge in [-0.1, -0.05) is 86.3 Å². The fourth-order valence-corrected chi connectivity index (χ4v) is 4.24. The number of hydrogen-bond donors (Lipinski definition) is 0. The molecule has 3 aromatic rings. The first-order chi connectivity index (χ1) is 18.0. The molecule has 0 N–H and O–H groups in total. The monoisotopic (exact) mass is 631 g/mol. The van der Waals surface area contributed by atoms with Crippen molar-refractivity contribution in [2.75, 3.05) is 41.0 Å². The molecule has 3 rings (SSSR count). The van der Waals surface area contributed by atoms with Crippen LogP contribution in [0, 0.1) is 0 Å². The van der Waals surface area contributed by atoms with Crippen LogP contribution >= 0.6 is 0 Å². The van der Waals surface area contributed by atoms with Gasteiger partial charge >= 0.3 is 0 Å². The van der Waals surface area contributed by atoms with Crippen LogP contribution in [0.2, 0.25) is 0 Å². The molecule has 1 unspecified atom stereocenters. The lowest BCUT2D eigenvalue weighted by Gasteiger charge is -2.34. The van der Waals surface area contributed by atoms with Crippen LogP contribution in [0.4, 0.5) is 0 Å². The third-order valence-corrected chi connectivity index (χ3v) is 6.74. The quantitative estimate of drug-likeness (QED) is 0.119. The van der Waals surface area contributed by atoms with Gasteiger partial charge in [0.25, 0.3) is 0 Å². The zero-order chi connectivity index (χ0) is 26.2. The van der Waals surface area contributed by atoms with Crippen molar-refractivity contribution in [3.8, 4) is 11.5 Å². The lowest BCUT2D eigenvalue weighted by atomic mass is 10.0. The second-order valence-corrected chi connectivity index (χ2v) is 10.8. The lowest BCUT2D eigenvalue weighted by Crippen LogP contribution is -3.00. The highest BCUT2D eigenvalue weighted by Crippen LogP contribution is 2.19. The average molecular weight is 632 g/mol. The summed E-state index contributed by atoms with van der Waals surface area (Å²) in [7, 11) is 6.78. The Hall–Kier alpha value is -2.09. The second-order valence-electron chi connectivity index (χ2n) is 10.8. The highest BCUT2D eigenvalue weighted by atomic mass is 127. The van der Waals surface area contributed by atoms with Crippen molar-refractivity contribution < 1.29 is 42.7 Å². The molecule has 0 aromatic heterocycles. The summed E-state index contributed by atoms with van der Waals surface area (Å²) in [5.74, 6) is 1.77. The largest absolute Gasteiger partial charge is 1.00 e. The molecular formula is C33H46INO3. The summed E-state index contributed by atoms with van der Waals surface area (Å²) in [5.41, 5.74) is 2.56. The van der Waals surface area contributed by atoms with Gasteiger partial charge in [-0.25, -0.2) is 0 Å². The molecule has 0 spiro atoms. The number of quaternary nitrogens is 1. The number of nitrogens with zero attached hydrogens (tertiary/aromatic N) is 1. The smallest absolute Gasteiger partial charge is 0.120 e. The van der Waals surface area contributed by atoms with E-state index in [1.165, 1.54) is 36.8 Å². The maximum atomic E-state index is 6.09. The minimum atomic E-state index is 0. The summed E-state index contributed by atoms with van der Waals surface area (Å²) in [6.45, 7) is 3.02. The first-order valence-corrected chi connectivity index (χ1v) is 13.8. The molecule has 0 radical (unpaired) electrons. The molecule has 38 heavy (non-hydrogen) atoms. The Morgan fingerprint density at radius 2 is 1.08 bits per heavy atom. The molecule has 3 aromatic carbocycles. The minimum Gasteiger partial charge on any atom is -1.00 e. The highest BCUT2D eigenvalue weighted by Gasteiger charge is 2.24. The number of halogens is 1. The van der Waals surface area contributed by atoms with Gasteiger partial charge in [-0.3, -0.25) is 0 Å². The van der Waals surface area contributed by atoms with Crippen molar-refractivity contribution in [1.82, 2.24) is 0 Å². The van der Waals surface area contributed by atoms with Gasteiger partial charge in [0.2, 0.25) is 0 Å². The van der Waals surface area contributed by atoms with E-state index in [-0.39, 0.29) is 24.0 Å². The lowest BCUT2D eigenvalue weighted by molar-refractivity contribution is -0.896. The van der Waals surface area contributed by atoms with Crippen molar-refractivity contribution >= 4 is 0 Å². The standard InChI is InChI=1S/C33H46NO3.HI/c1-34(2,3)31(26-29-16-10-8-11-17-29)28-35-24-14-6-4-5-7-15-25-36-32-20-22-33(23-21-32)37-27-30-18-12-9-13-19-30;/h8-13,16-23,31H,4-7,14-15,24-28H2,1-3H3;1H/q+1;/p-1. The summed E-state index contributed by atoms with van der Waals surface area (Å²) in [4.78, 5) is 0. The van der Waals surface area contributed by atoms with Gasteiger partial charge in [0.1, 0.15) is 24.1 Å². The van der Waals surface area contributed by atoms with E-state index >= 15 is 0 Å². The SMILES string of the molecule is C[N+](C)(C)C(COCCCCCCCCOc1ccc(OCc2ccccc2)cc1)Cc1ccccc1.[I-]. The van der Waals surface area contributed by atoms with Crippen LogP contribution in [0.1, 0.15) is 49.7 Å². The molecule has 5 heteroatoms. The molecule has 208 valence electrons. The topological polar surface area (TPSA) is 27.7 Å². The van der Waals surface area contributed by atoms with Gasteiger partial charge in [0.05, 0.1) is 34.4 Å². The molecule has 0 saturated heterocycles. The van der Waals surface area contributed by atoms with Crippen LogP contribution in [0.5, 0.6) is 11.5 Å². The maximum absolute atomic E-state index is 6.09. The maximum Gasteiger partial charge on any atom is 0.120 e. The van der Waals surface area contributed by atoms with E-state index in [1.54, 1.807) is 0 Å². The molecule has 0 fully saturated rings. The zero-order valence-corrected chi connectivity index (χ0v) is 25.6.